The second-order valence-corrected chi connectivity index (χ2v) is 5.91. The molecule has 2 aromatic carbocycles. The quantitative estimate of drug-likeness (QED) is 0.843. The second kappa shape index (κ2) is 7.88. The van der Waals surface area contributed by atoms with E-state index in [1.54, 1.807) is 12.1 Å². The average Bonchev–Trinajstić information content (AvgIpc) is 2.56. The van der Waals surface area contributed by atoms with Crippen LogP contribution in [0.2, 0.25) is 0 Å². The first-order valence-corrected chi connectivity index (χ1v) is 7.96. The van der Waals surface area contributed by atoms with E-state index in [0.29, 0.717) is 5.69 Å². The van der Waals surface area contributed by atoms with Crippen LogP contribution < -0.4 is 10.2 Å². The van der Waals surface area contributed by atoms with Gasteiger partial charge in [-0.25, -0.2) is 4.39 Å². The van der Waals surface area contributed by atoms with Crippen LogP contribution in [0.1, 0.15) is 25.0 Å². The summed E-state index contributed by atoms with van der Waals surface area (Å²) in [5.74, 6) is -0.381. The van der Waals surface area contributed by atoms with Gasteiger partial charge in [-0.2, -0.15) is 0 Å². The standard InChI is InChI=1S/C19H23FN2O/c1-4-15-5-7-16(8-6-15)13-22(3)14(2)19(23)21-18-11-9-17(20)10-12-18/h5-12,14H,4,13H2,1-3H3,(H,21,23)/p+1/t14-/m0/s1. The first-order chi connectivity index (χ1) is 11.0. The minimum atomic E-state index is -0.311. The largest absolute Gasteiger partial charge is 0.324 e. The number of hydrogen-bond acceptors (Lipinski definition) is 1. The molecule has 1 amide bonds. The Morgan fingerprint density at radius 1 is 1.09 bits per heavy atom. The van der Waals surface area contributed by atoms with Gasteiger partial charge in [0.15, 0.2) is 6.04 Å². The number of nitrogens with one attached hydrogen (secondary N) is 2. The lowest BCUT2D eigenvalue weighted by Gasteiger charge is -2.21. The van der Waals surface area contributed by atoms with Crippen molar-refractivity contribution in [3.8, 4) is 0 Å². The molecule has 0 saturated carbocycles. The second-order valence-electron chi connectivity index (χ2n) is 5.91. The van der Waals surface area contributed by atoms with Gasteiger partial charge >= 0.3 is 0 Å². The molecule has 23 heavy (non-hydrogen) atoms. The number of likely N-dealkylation sites (N-methyl/N-ethyl adjacent to an activating group) is 1. The lowest BCUT2D eigenvalue weighted by Crippen LogP contribution is -3.12. The van der Waals surface area contributed by atoms with Crippen molar-refractivity contribution in [2.24, 2.45) is 0 Å². The van der Waals surface area contributed by atoms with E-state index in [1.165, 1.54) is 23.3 Å². The maximum Gasteiger partial charge on any atom is 0.282 e. The maximum absolute atomic E-state index is 12.9. The maximum atomic E-state index is 12.9. The van der Waals surface area contributed by atoms with Crippen LogP contribution in [0.3, 0.4) is 0 Å². The molecule has 0 radical (unpaired) electrons. The zero-order valence-electron chi connectivity index (χ0n) is 13.9. The molecule has 1 unspecified atom stereocenters. The van der Waals surface area contributed by atoms with E-state index in [9.17, 15) is 9.18 Å². The molecule has 0 aliphatic rings. The minimum absolute atomic E-state index is 0.0701. The fraction of sp³-hybridized carbons (Fsp3) is 0.316. The fourth-order valence-corrected chi connectivity index (χ4v) is 2.38. The zero-order chi connectivity index (χ0) is 16.8. The highest BCUT2D eigenvalue weighted by Gasteiger charge is 2.22. The third kappa shape index (κ3) is 4.89. The number of carbonyl (C=O) groups excluding carboxylic acids is 1. The van der Waals surface area contributed by atoms with Crippen molar-refractivity contribution in [3.63, 3.8) is 0 Å². The summed E-state index contributed by atoms with van der Waals surface area (Å²) in [6.45, 7) is 4.81. The Kier molecular flexibility index (Phi) is 5.88. The van der Waals surface area contributed by atoms with Crippen LogP contribution in [0, 0.1) is 5.82 Å². The molecule has 0 aliphatic carbocycles. The third-order valence-electron chi connectivity index (χ3n) is 4.16. The molecule has 2 atom stereocenters. The predicted molar refractivity (Wildman–Crippen MR) is 90.9 cm³/mol. The highest BCUT2D eigenvalue weighted by Crippen LogP contribution is 2.08. The number of aryl methyl sites for hydroxylation is 1. The molecule has 0 saturated heterocycles. The molecule has 0 aliphatic heterocycles. The van der Waals surface area contributed by atoms with Crippen molar-refractivity contribution >= 4 is 11.6 Å². The first kappa shape index (κ1) is 17.2. The summed E-state index contributed by atoms with van der Waals surface area (Å²) in [6, 6.07) is 14.1. The molecule has 2 rings (SSSR count). The molecular weight excluding hydrogens is 291 g/mol. The number of rotatable bonds is 6. The number of amides is 1. The van der Waals surface area contributed by atoms with Crippen LogP contribution in [0.15, 0.2) is 48.5 Å². The van der Waals surface area contributed by atoms with Gasteiger partial charge in [-0.15, -0.1) is 0 Å². The van der Waals surface area contributed by atoms with E-state index in [4.69, 9.17) is 0 Å². The Labute approximate surface area is 137 Å². The SMILES string of the molecule is CCc1ccc(C[NH+](C)[C@@H](C)C(=O)Nc2ccc(F)cc2)cc1. The molecular formula is C19H24FN2O+. The molecule has 4 heteroatoms. The van der Waals surface area contributed by atoms with E-state index in [-0.39, 0.29) is 17.8 Å². The van der Waals surface area contributed by atoms with Crippen LogP contribution in [-0.4, -0.2) is 19.0 Å². The lowest BCUT2D eigenvalue weighted by atomic mass is 10.1. The Morgan fingerprint density at radius 3 is 2.22 bits per heavy atom. The summed E-state index contributed by atoms with van der Waals surface area (Å²) in [4.78, 5) is 13.4. The van der Waals surface area contributed by atoms with Crippen LogP contribution in [0.25, 0.3) is 0 Å². The number of benzene rings is 2. The Bertz CT molecular complexity index is 637. The van der Waals surface area contributed by atoms with E-state index < -0.39 is 0 Å². The highest BCUT2D eigenvalue weighted by atomic mass is 19.1. The molecule has 2 N–H and O–H groups in total. The summed E-state index contributed by atoms with van der Waals surface area (Å²) >= 11 is 0. The molecule has 0 heterocycles. The topological polar surface area (TPSA) is 33.5 Å². The summed E-state index contributed by atoms with van der Waals surface area (Å²) < 4.78 is 12.9. The van der Waals surface area contributed by atoms with Gasteiger partial charge in [-0.1, -0.05) is 31.2 Å². The third-order valence-corrected chi connectivity index (χ3v) is 4.16. The molecule has 122 valence electrons. The van der Waals surface area contributed by atoms with E-state index in [2.05, 4.69) is 36.5 Å². The van der Waals surface area contributed by atoms with Gasteiger partial charge in [0, 0.05) is 11.3 Å². The average molecular weight is 315 g/mol. The van der Waals surface area contributed by atoms with Crippen molar-refractivity contribution in [2.45, 2.75) is 32.9 Å². The Morgan fingerprint density at radius 2 is 1.65 bits per heavy atom. The van der Waals surface area contributed by atoms with Crippen molar-refractivity contribution in [3.05, 3.63) is 65.5 Å². The fourth-order valence-electron chi connectivity index (χ4n) is 2.38. The monoisotopic (exact) mass is 315 g/mol. The minimum Gasteiger partial charge on any atom is -0.324 e. The molecule has 0 spiro atoms. The van der Waals surface area contributed by atoms with Crippen molar-refractivity contribution < 1.29 is 14.1 Å². The van der Waals surface area contributed by atoms with Gasteiger partial charge in [0.25, 0.3) is 5.91 Å². The van der Waals surface area contributed by atoms with Gasteiger partial charge in [0.05, 0.1) is 7.05 Å². The number of halogens is 1. The normalized spacial score (nSPS) is 13.4. The van der Waals surface area contributed by atoms with Crippen molar-refractivity contribution in [1.29, 1.82) is 0 Å². The number of anilines is 1. The molecule has 3 nitrogen and oxygen atoms in total. The number of carbonyl (C=O) groups is 1. The summed E-state index contributed by atoms with van der Waals surface area (Å²) in [5.41, 5.74) is 3.14. The lowest BCUT2D eigenvalue weighted by molar-refractivity contribution is -0.907. The highest BCUT2D eigenvalue weighted by molar-refractivity contribution is 5.93. The predicted octanol–water partition coefficient (Wildman–Crippen LogP) is 2.43. The van der Waals surface area contributed by atoms with E-state index in [1.807, 2.05) is 14.0 Å². The Balaban J connectivity index is 1.93. The first-order valence-electron chi connectivity index (χ1n) is 7.96. The van der Waals surface area contributed by atoms with Gasteiger partial charge in [0.2, 0.25) is 0 Å². The van der Waals surface area contributed by atoms with Crippen LogP contribution in [0.5, 0.6) is 0 Å². The van der Waals surface area contributed by atoms with E-state index >= 15 is 0 Å². The summed E-state index contributed by atoms with van der Waals surface area (Å²) in [5, 5.41) is 2.83. The van der Waals surface area contributed by atoms with Crippen LogP contribution in [0.4, 0.5) is 10.1 Å². The summed E-state index contributed by atoms with van der Waals surface area (Å²) in [6.07, 6.45) is 1.03. The molecule has 0 fully saturated rings. The van der Waals surface area contributed by atoms with Crippen molar-refractivity contribution in [1.82, 2.24) is 0 Å². The van der Waals surface area contributed by atoms with Crippen LogP contribution in [-0.2, 0) is 17.8 Å². The smallest absolute Gasteiger partial charge is 0.282 e. The molecule has 0 bridgehead atoms. The van der Waals surface area contributed by atoms with Gasteiger partial charge in [-0.05, 0) is 43.2 Å². The molecule has 2 aromatic rings. The zero-order valence-corrected chi connectivity index (χ0v) is 13.9. The van der Waals surface area contributed by atoms with Gasteiger partial charge in [-0.3, -0.25) is 4.79 Å². The van der Waals surface area contributed by atoms with Crippen LogP contribution >= 0.6 is 0 Å². The van der Waals surface area contributed by atoms with Gasteiger partial charge < -0.3 is 10.2 Å². The summed E-state index contributed by atoms with van der Waals surface area (Å²) in [7, 11) is 2.00. The molecule has 0 aromatic heterocycles. The number of quaternary nitrogens is 1. The van der Waals surface area contributed by atoms with Gasteiger partial charge in [0.1, 0.15) is 12.4 Å². The van der Waals surface area contributed by atoms with E-state index in [0.717, 1.165) is 17.9 Å². The number of hydrogen-bond donors (Lipinski definition) is 2. The Hall–Kier alpha value is -2.20. The van der Waals surface area contributed by atoms with Crippen molar-refractivity contribution in [2.75, 3.05) is 12.4 Å².